The van der Waals surface area contributed by atoms with Crippen LogP contribution < -0.4 is 5.32 Å². The van der Waals surface area contributed by atoms with Gasteiger partial charge in [-0.2, -0.15) is 4.31 Å². The van der Waals surface area contributed by atoms with E-state index in [2.05, 4.69) is 46.0 Å². The Morgan fingerprint density at radius 2 is 1.70 bits per heavy atom. The number of hydrogen-bond donors (Lipinski definition) is 1. The average Bonchev–Trinajstić information content (AvgIpc) is 3.39. The topological polar surface area (TPSA) is 75.7 Å². The number of ether oxygens (including phenoxy) is 1. The monoisotopic (exact) mass is 652 g/mol. The molecule has 46 heavy (non-hydrogen) atoms. The number of piperidine rings is 1. The molecular formula is C39H60N2O4S. The zero-order chi connectivity index (χ0) is 32.7. The molecule has 6 rings (SSSR count). The van der Waals surface area contributed by atoms with Gasteiger partial charge in [-0.15, -0.1) is 0 Å². The van der Waals surface area contributed by atoms with Crippen molar-refractivity contribution in [2.45, 2.75) is 136 Å². The van der Waals surface area contributed by atoms with Crippen LogP contribution >= 0.6 is 0 Å². The van der Waals surface area contributed by atoms with E-state index in [0.29, 0.717) is 24.2 Å². The number of carbonyl (C=O) groups excluding carboxylic acids is 1. The van der Waals surface area contributed by atoms with Crippen LogP contribution in [0.3, 0.4) is 0 Å². The smallest absolute Gasteiger partial charge is 0.411 e. The van der Waals surface area contributed by atoms with Gasteiger partial charge < -0.3 is 4.74 Å². The minimum absolute atomic E-state index is 0.119. The number of nitrogens with zero attached hydrogens (tertiary/aromatic N) is 1. The number of sulfonamides is 1. The van der Waals surface area contributed by atoms with Crippen LogP contribution in [0.15, 0.2) is 40.8 Å². The van der Waals surface area contributed by atoms with E-state index in [9.17, 15) is 13.2 Å². The third kappa shape index (κ3) is 6.58. The Kier molecular flexibility index (Phi) is 10.0. The van der Waals surface area contributed by atoms with E-state index in [-0.39, 0.29) is 16.4 Å². The summed E-state index contributed by atoms with van der Waals surface area (Å²) in [6.45, 7) is 13.6. The summed E-state index contributed by atoms with van der Waals surface area (Å²) in [7, 11) is -3.49. The lowest BCUT2D eigenvalue weighted by Crippen LogP contribution is -2.51. The Morgan fingerprint density at radius 1 is 0.957 bits per heavy atom. The molecule has 256 valence electrons. The number of fused-ring (bicyclic) bond motifs is 5. The fourth-order valence-corrected chi connectivity index (χ4v) is 12.5. The molecule has 6 nitrogen and oxygen atoms in total. The maximum absolute atomic E-state index is 13.0. The SMILES string of the molecule is CC(C)CCC[C@H](C)[C@H]1CC[C@H]2[C@@H]3CC=C4C[C@H](OC(=O)Nc5ccc(S(=O)(=O)N6CCCCC6)cc5)CC[C@]4(C)[C@H]3CC[C@]12C. The van der Waals surface area contributed by atoms with Crippen LogP contribution in [-0.2, 0) is 14.8 Å². The van der Waals surface area contributed by atoms with Gasteiger partial charge in [-0.1, -0.05) is 72.0 Å². The summed E-state index contributed by atoms with van der Waals surface area (Å²) in [6.07, 6.45) is 18.5. The summed E-state index contributed by atoms with van der Waals surface area (Å²) in [5.41, 5.74) is 2.79. The van der Waals surface area contributed by atoms with E-state index < -0.39 is 16.1 Å². The highest BCUT2D eigenvalue weighted by atomic mass is 32.2. The fraction of sp³-hybridized carbons (Fsp3) is 0.769. The molecule has 4 fully saturated rings. The number of benzene rings is 1. The predicted molar refractivity (Wildman–Crippen MR) is 186 cm³/mol. The summed E-state index contributed by atoms with van der Waals surface area (Å²) in [5.74, 6) is 4.90. The minimum atomic E-state index is -3.49. The van der Waals surface area contributed by atoms with Gasteiger partial charge in [-0.3, -0.25) is 5.32 Å². The van der Waals surface area contributed by atoms with Crippen molar-refractivity contribution in [3.05, 3.63) is 35.9 Å². The van der Waals surface area contributed by atoms with Gasteiger partial charge in [0.05, 0.1) is 4.90 Å². The van der Waals surface area contributed by atoms with Crippen molar-refractivity contribution in [3.8, 4) is 0 Å². The van der Waals surface area contributed by atoms with Crippen LogP contribution in [0, 0.1) is 46.3 Å². The summed E-state index contributed by atoms with van der Waals surface area (Å²) >= 11 is 0. The van der Waals surface area contributed by atoms with E-state index in [0.717, 1.165) is 74.0 Å². The van der Waals surface area contributed by atoms with Gasteiger partial charge in [0.2, 0.25) is 10.0 Å². The molecule has 1 amide bonds. The molecule has 5 aliphatic rings. The first kappa shape index (κ1) is 34.0. The van der Waals surface area contributed by atoms with Gasteiger partial charge in [0.25, 0.3) is 0 Å². The van der Waals surface area contributed by atoms with Crippen molar-refractivity contribution in [1.29, 1.82) is 0 Å². The number of rotatable bonds is 9. The lowest BCUT2D eigenvalue weighted by Gasteiger charge is -2.58. The second kappa shape index (κ2) is 13.6. The lowest BCUT2D eigenvalue weighted by molar-refractivity contribution is -0.0577. The molecular weight excluding hydrogens is 593 g/mol. The van der Waals surface area contributed by atoms with E-state index >= 15 is 0 Å². The highest BCUT2D eigenvalue weighted by Crippen LogP contribution is 2.67. The number of nitrogens with one attached hydrogen (secondary N) is 1. The second-order valence-corrected chi connectivity index (χ2v) is 18.6. The molecule has 0 unspecified atom stereocenters. The van der Waals surface area contributed by atoms with Gasteiger partial charge in [0.15, 0.2) is 0 Å². The van der Waals surface area contributed by atoms with Gasteiger partial charge in [0, 0.05) is 25.2 Å². The van der Waals surface area contributed by atoms with E-state index in [4.69, 9.17) is 4.74 Å². The third-order valence-electron chi connectivity index (χ3n) is 13.6. The van der Waals surface area contributed by atoms with Gasteiger partial charge in [-0.25, -0.2) is 13.2 Å². The van der Waals surface area contributed by atoms with Crippen molar-refractivity contribution in [1.82, 2.24) is 4.31 Å². The van der Waals surface area contributed by atoms with Crippen LogP contribution in [-0.4, -0.2) is 38.0 Å². The molecule has 1 heterocycles. The van der Waals surface area contributed by atoms with E-state index in [1.165, 1.54) is 56.9 Å². The Labute approximate surface area is 279 Å². The highest BCUT2D eigenvalue weighted by Gasteiger charge is 2.59. The van der Waals surface area contributed by atoms with Crippen LogP contribution in [0.5, 0.6) is 0 Å². The Balaban J connectivity index is 1.04. The molecule has 1 aromatic carbocycles. The number of carbonyl (C=O) groups is 1. The Bertz CT molecular complexity index is 1370. The van der Waals surface area contributed by atoms with Crippen molar-refractivity contribution in [3.63, 3.8) is 0 Å². The van der Waals surface area contributed by atoms with Gasteiger partial charge >= 0.3 is 6.09 Å². The Hall–Kier alpha value is -1.86. The highest BCUT2D eigenvalue weighted by molar-refractivity contribution is 7.89. The molecule has 7 heteroatoms. The molecule has 4 aliphatic carbocycles. The zero-order valence-corrected chi connectivity index (χ0v) is 30.0. The average molecular weight is 653 g/mol. The normalized spacial score (nSPS) is 35.4. The molecule has 0 spiro atoms. The quantitative estimate of drug-likeness (QED) is 0.270. The number of allylic oxidation sites excluding steroid dienone is 1. The molecule has 1 aromatic rings. The largest absolute Gasteiger partial charge is 0.446 e. The first-order valence-corrected chi connectivity index (χ1v) is 20.1. The number of amides is 1. The number of hydrogen-bond acceptors (Lipinski definition) is 4. The summed E-state index contributed by atoms with van der Waals surface area (Å²) in [4.78, 5) is 13.2. The van der Waals surface area contributed by atoms with Gasteiger partial charge in [0.1, 0.15) is 6.10 Å². The van der Waals surface area contributed by atoms with Crippen LogP contribution in [0.1, 0.15) is 125 Å². The zero-order valence-electron chi connectivity index (χ0n) is 29.2. The van der Waals surface area contributed by atoms with Crippen molar-refractivity contribution < 1.29 is 17.9 Å². The van der Waals surface area contributed by atoms with E-state index in [1.54, 1.807) is 28.6 Å². The maximum Gasteiger partial charge on any atom is 0.411 e. The Morgan fingerprint density at radius 3 is 2.41 bits per heavy atom. The van der Waals surface area contributed by atoms with Crippen LogP contribution in [0.25, 0.3) is 0 Å². The number of anilines is 1. The minimum Gasteiger partial charge on any atom is -0.446 e. The van der Waals surface area contributed by atoms with Gasteiger partial charge in [-0.05, 0) is 128 Å². The lowest BCUT2D eigenvalue weighted by atomic mass is 9.47. The molecule has 1 N–H and O–H groups in total. The first-order valence-electron chi connectivity index (χ1n) is 18.7. The molecule has 0 radical (unpaired) electrons. The third-order valence-corrected chi connectivity index (χ3v) is 15.5. The van der Waals surface area contributed by atoms with Crippen molar-refractivity contribution in [2.75, 3.05) is 18.4 Å². The van der Waals surface area contributed by atoms with Crippen LogP contribution in [0.2, 0.25) is 0 Å². The predicted octanol–water partition coefficient (Wildman–Crippen LogP) is 9.82. The standard InChI is InChI=1S/C39H60N2O4S/c1-27(2)10-9-11-28(3)34-18-19-35-33-17-12-29-26-31(20-22-38(29,4)36(33)21-23-39(34,35)5)45-37(42)40-30-13-15-32(16-14-30)46(43,44)41-24-7-6-8-25-41/h12-16,27-28,31,33-36H,6-11,17-26H2,1-5H3,(H,40,42)/t28-,31+,33-,34+,35-,36-,38-,39+/m0/s1. The summed E-state index contributed by atoms with van der Waals surface area (Å²) in [6, 6.07) is 6.50. The second-order valence-electron chi connectivity index (χ2n) is 16.7. The molecule has 8 atom stereocenters. The molecule has 1 saturated heterocycles. The van der Waals surface area contributed by atoms with E-state index in [1.807, 2.05) is 0 Å². The summed E-state index contributed by atoms with van der Waals surface area (Å²) in [5, 5.41) is 2.85. The molecule has 0 aromatic heterocycles. The summed E-state index contributed by atoms with van der Waals surface area (Å²) < 4.78 is 33.5. The van der Waals surface area contributed by atoms with Crippen LogP contribution in [0.4, 0.5) is 10.5 Å². The molecule has 0 bridgehead atoms. The first-order chi connectivity index (χ1) is 21.9. The maximum atomic E-state index is 13.0. The van der Waals surface area contributed by atoms with Crippen molar-refractivity contribution >= 4 is 21.8 Å². The van der Waals surface area contributed by atoms with Crippen molar-refractivity contribution in [2.24, 2.45) is 46.3 Å². The molecule has 1 aliphatic heterocycles. The molecule has 3 saturated carbocycles. The fourth-order valence-electron chi connectivity index (χ4n) is 11.0.